The van der Waals surface area contributed by atoms with Crippen LogP contribution in [0.4, 0.5) is 5.69 Å². The van der Waals surface area contributed by atoms with Gasteiger partial charge < -0.3 is 19.7 Å². The van der Waals surface area contributed by atoms with E-state index in [1.54, 1.807) is 38.7 Å². The molecular formula is C24H30IN7O2. The molecule has 10 heteroatoms. The summed E-state index contributed by atoms with van der Waals surface area (Å²) >= 11 is 0. The van der Waals surface area contributed by atoms with Crippen molar-refractivity contribution in [3.05, 3.63) is 82.5 Å². The van der Waals surface area contributed by atoms with Crippen LogP contribution in [0.15, 0.2) is 70.8 Å². The van der Waals surface area contributed by atoms with Gasteiger partial charge in [0.2, 0.25) is 5.91 Å². The number of hydrogen-bond acceptors (Lipinski definition) is 4. The average Bonchev–Trinajstić information content (AvgIpc) is 3.25. The molecule has 1 aromatic carbocycles. The highest BCUT2D eigenvalue weighted by molar-refractivity contribution is 14.0. The lowest BCUT2D eigenvalue weighted by molar-refractivity contribution is -0.120. The zero-order valence-corrected chi connectivity index (χ0v) is 21.8. The Kier molecular flexibility index (Phi) is 8.85. The Balaban J connectivity index is 0.00000324. The van der Waals surface area contributed by atoms with Gasteiger partial charge in [-0.15, -0.1) is 24.0 Å². The summed E-state index contributed by atoms with van der Waals surface area (Å²) in [6, 6.07) is 13.3. The number of halogens is 1. The second-order valence-corrected chi connectivity index (χ2v) is 7.99. The van der Waals surface area contributed by atoms with Crippen molar-refractivity contribution in [1.29, 1.82) is 0 Å². The van der Waals surface area contributed by atoms with Gasteiger partial charge in [-0.25, -0.2) is 4.99 Å². The lowest BCUT2D eigenvalue weighted by Crippen LogP contribution is -2.55. The Bertz CT molecular complexity index is 1190. The molecule has 1 amide bonds. The number of aliphatic imine (C=N–C) groups is 1. The lowest BCUT2D eigenvalue weighted by Gasteiger charge is -2.35. The van der Waals surface area contributed by atoms with Crippen LogP contribution in [-0.4, -0.2) is 57.3 Å². The van der Waals surface area contributed by atoms with Gasteiger partial charge in [0.15, 0.2) is 5.96 Å². The van der Waals surface area contributed by atoms with Crippen molar-refractivity contribution in [3.63, 3.8) is 0 Å². The standard InChI is InChI=1S/C24H29N7O2.HI/c1-3-25-24(30-12-13-31(23(33)18-30)21-15-27-28(2)17-21)26-14-19-7-9-20(10-8-19)16-29-11-5-4-6-22(29)32;/h4-11,15,17H,3,12-14,16,18H2,1-2H3,(H,25,26);1H. The third-order valence-electron chi connectivity index (χ3n) is 5.54. The molecule has 0 atom stereocenters. The number of guanidine groups is 1. The van der Waals surface area contributed by atoms with Gasteiger partial charge in [-0.1, -0.05) is 30.3 Å². The highest BCUT2D eigenvalue weighted by Crippen LogP contribution is 2.16. The number of rotatable bonds is 6. The van der Waals surface area contributed by atoms with E-state index in [0.29, 0.717) is 26.2 Å². The fourth-order valence-electron chi connectivity index (χ4n) is 3.80. The average molecular weight is 575 g/mol. The van der Waals surface area contributed by atoms with Crippen molar-refractivity contribution >= 4 is 41.5 Å². The number of pyridine rings is 1. The summed E-state index contributed by atoms with van der Waals surface area (Å²) in [5.74, 6) is 0.761. The number of carbonyl (C=O) groups excluding carboxylic acids is 1. The zero-order chi connectivity index (χ0) is 23.2. The summed E-state index contributed by atoms with van der Waals surface area (Å²) in [4.78, 5) is 33.2. The molecule has 1 aliphatic rings. The van der Waals surface area contributed by atoms with Crippen LogP contribution < -0.4 is 15.8 Å². The maximum Gasteiger partial charge on any atom is 0.250 e. The highest BCUT2D eigenvalue weighted by atomic mass is 127. The number of nitrogens with zero attached hydrogens (tertiary/aromatic N) is 6. The molecule has 0 spiro atoms. The Morgan fingerprint density at radius 3 is 2.50 bits per heavy atom. The molecule has 3 heterocycles. The Morgan fingerprint density at radius 1 is 1.09 bits per heavy atom. The minimum absolute atomic E-state index is 0. The van der Waals surface area contributed by atoms with E-state index in [1.165, 1.54) is 0 Å². The van der Waals surface area contributed by atoms with Gasteiger partial charge in [-0.2, -0.15) is 5.10 Å². The fourth-order valence-corrected chi connectivity index (χ4v) is 3.80. The van der Waals surface area contributed by atoms with Crippen LogP contribution in [0.1, 0.15) is 18.1 Å². The van der Waals surface area contributed by atoms with Crippen LogP contribution in [0.2, 0.25) is 0 Å². The minimum Gasteiger partial charge on any atom is -0.356 e. The topological polar surface area (TPSA) is 87.8 Å². The molecule has 0 unspecified atom stereocenters. The molecule has 0 aliphatic carbocycles. The van der Waals surface area contributed by atoms with E-state index in [1.807, 2.05) is 55.4 Å². The molecule has 2 aromatic heterocycles. The molecule has 1 fully saturated rings. The van der Waals surface area contributed by atoms with Crippen molar-refractivity contribution in [2.45, 2.75) is 20.0 Å². The number of benzene rings is 1. The second kappa shape index (κ2) is 11.8. The molecule has 0 bridgehead atoms. The van der Waals surface area contributed by atoms with Crippen molar-refractivity contribution in [3.8, 4) is 0 Å². The monoisotopic (exact) mass is 575 g/mol. The van der Waals surface area contributed by atoms with Crippen LogP contribution in [0.3, 0.4) is 0 Å². The van der Waals surface area contributed by atoms with Gasteiger partial charge in [0.25, 0.3) is 5.56 Å². The quantitative estimate of drug-likeness (QED) is 0.276. The number of aromatic nitrogens is 3. The molecule has 34 heavy (non-hydrogen) atoms. The van der Waals surface area contributed by atoms with Gasteiger partial charge >= 0.3 is 0 Å². The number of hydrogen-bond donors (Lipinski definition) is 1. The van der Waals surface area contributed by atoms with E-state index in [9.17, 15) is 9.59 Å². The molecular weight excluding hydrogens is 545 g/mol. The number of anilines is 1. The van der Waals surface area contributed by atoms with Crippen LogP contribution in [-0.2, 0) is 24.9 Å². The van der Waals surface area contributed by atoms with E-state index in [-0.39, 0.29) is 42.0 Å². The summed E-state index contributed by atoms with van der Waals surface area (Å²) in [5, 5.41) is 7.47. The van der Waals surface area contributed by atoms with Gasteiger partial charge in [0.1, 0.15) is 6.54 Å². The zero-order valence-electron chi connectivity index (χ0n) is 19.4. The van der Waals surface area contributed by atoms with Crippen LogP contribution in [0.25, 0.3) is 0 Å². The maximum absolute atomic E-state index is 12.7. The number of nitrogens with one attached hydrogen (secondary N) is 1. The first-order valence-electron chi connectivity index (χ1n) is 11.1. The first-order valence-corrected chi connectivity index (χ1v) is 11.1. The molecule has 4 rings (SSSR count). The van der Waals surface area contributed by atoms with Crippen LogP contribution in [0.5, 0.6) is 0 Å². The van der Waals surface area contributed by atoms with Crippen molar-refractivity contribution < 1.29 is 4.79 Å². The molecule has 3 aromatic rings. The van der Waals surface area contributed by atoms with Crippen LogP contribution in [0, 0.1) is 0 Å². The first kappa shape index (κ1) is 25.5. The smallest absolute Gasteiger partial charge is 0.250 e. The Labute approximate surface area is 216 Å². The molecule has 1 saturated heterocycles. The lowest BCUT2D eigenvalue weighted by atomic mass is 10.1. The Morgan fingerprint density at radius 2 is 1.85 bits per heavy atom. The molecule has 1 N–H and O–H groups in total. The predicted octanol–water partition coefficient (Wildman–Crippen LogP) is 2.06. The third-order valence-corrected chi connectivity index (χ3v) is 5.54. The van der Waals surface area contributed by atoms with E-state index >= 15 is 0 Å². The van der Waals surface area contributed by atoms with Gasteiger partial charge in [0, 0.05) is 45.1 Å². The fraction of sp³-hybridized carbons (Fsp3) is 0.333. The highest BCUT2D eigenvalue weighted by Gasteiger charge is 2.27. The summed E-state index contributed by atoms with van der Waals surface area (Å²) in [5.41, 5.74) is 2.93. The number of amides is 1. The van der Waals surface area contributed by atoms with Crippen LogP contribution >= 0.6 is 24.0 Å². The van der Waals surface area contributed by atoms with Gasteiger partial charge in [-0.05, 0) is 24.1 Å². The largest absolute Gasteiger partial charge is 0.356 e. The van der Waals surface area contributed by atoms with Gasteiger partial charge in [-0.3, -0.25) is 14.3 Å². The van der Waals surface area contributed by atoms with E-state index in [0.717, 1.165) is 29.3 Å². The first-order chi connectivity index (χ1) is 16.0. The molecule has 0 saturated carbocycles. The van der Waals surface area contributed by atoms with E-state index in [4.69, 9.17) is 4.99 Å². The SMILES string of the molecule is CCNC(=NCc1ccc(Cn2ccccc2=O)cc1)N1CCN(c2cnn(C)c2)C(=O)C1.I. The number of piperazine rings is 1. The molecule has 0 radical (unpaired) electrons. The summed E-state index contributed by atoms with van der Waals surface area (Å²) in [7, 11) is 1.84. The second-order valence-electron chi connectivity index (χ2n) is 7.99. The number of carbonyl (C=O) groups is 1. The number of aryl methyl sites for hydroxylation is 1. The molecule has 9 nitrogen and oxygen atoms in total. The third kappa shape index (κ3) is 6.25. The van der Waals surface area contributed by atoms with Crippen molar-refractivity contribution in [2.75, 3.05) is 31.1 Å². The van der Waals surface area contributed by atoms with E-state index in [2.05, 4.69) is 10.4 Å². The van der Waals surface area contributed by atoms with E-state index < -0.39 is 0 Å². The van der Waals surface area contributed by atoms with Crippen molar-refractivity contribution in [2.24, 2.45) is 12.0 Å². The Hall–Kier alpha value is -3.15. The summed E-state index contributed by atoms with van der Waals surface area (Å²) in [6.07, 6.45) is 5.36. The maximum atomic E-state index is 12.7. The summed E-state index contributed by atoms with van der Waals surface area (Å²) in [6.45, 7) is 5.33. The molecule has 180 valence electrons. The minimum atomic E-state index is -0.0142. The normalized spacial score (nSPS) is 14.2. The molecule has 1 aliphatic heterocycles. The van der Waals surface area contributed by atoms with Crippen molar-refractivity contribution in [1.82, 2.24) is 24.6 Å². The van der Waals surface area contributed by atoms with Gasteiger partial charge in [0.05, 0.1) is 25.0 Å². The summed E-state index contributed by atoms with van der Waals surface area (Å²) < 4.78 is 3.38. The predicted molar refractivity (Wildman–Crippen MR) is 144 cm³/mol.